The smallest absolute Gasteiger partial charge is 0.246 e. The molecule has 0 aliphatic rings. The SMILES string of the molecule is CN(Cc1cscn1)S(=O)(=O)c1cc(Br)cnc1Cl. The summed E-state index contributed by atoms with van der Waals surface area (Å²) in [6, 6.07) is 1.43. The summed E-state index contributed by atoms with van der Waals surface area (Å²) in [5, 5.41) is 1.75. The highest BCUT2D eigenvalue weighted by Gasteiger charge is 2.25. The molecule has 0 aliphatic carbocycles. The van der Waals surface area contributed by atoms with Crippen molar-refractivity contribution in [3.63, 3.8) is 0 Å². The monoisotopic (exact) mass is 381 g/mol. The van der Waals surface area contributed by atoms with Crippen molar-refractivity contribution in [3.05, 3.63) is 38.5 Å². The van der Waals surface area contributed by atoms with Gasteiger partial charge in [-0.1, -0.05) is 11.6 Å². The van der Waals surface area contributed by atoms with E-state index in [1.165, 1.54) is 35.0 Å². The number of hydrogen-bond acceptors (Lipinski definition) is 5. The van der Waals surface area contributed by atoms with Gasteiger partial charge in [-0.3, -0.25) is 0 Å². The highest BCUT2D eigenvalue weighted by atomic mass is 79.9. The third kappa shape index (κ3) is 3.32. The van der Waals surface area contributed by atoms with Gasteiger partial charge in [0.2, 0.25) is 10.0 Å². The van der Waals surface area contributed by atoms with Gasteiger partial charge in [0.1, 0.15) is 10.0 Å². The van der Waals surface area contributed by atoms with Crippen molar-refractivity contribution < 1.29 is 8.42 Å². The first-order valence-corrected chi connectivity index (χ1v) is 8.61. The van der Waals surface area contributed by atoms with Gasteiger partial charge >= 0.3 is 0 Å². The Hall–Kier alpha value is -0.540. The summed E-state index contributed by atoms with van der Waals surface area (Å²) in [6.45, 7) is 0.189. The highest BCUT2D eigenvalue weighted by molar-refractivity contribution is 9.10. The van der Waals surface area contributed by atoms with Gasteiger partial charge in [-0.2, -0.15) is 4.31 Å². The van der Waals surface area contributed by atoms with Crippen LogP contribution in [0.4, 0.5) is 0 Å². The maximum Gasteiger partial charge on any atom is 0.246 e. The van der Waals surface area contributed by atoms with E-state index in [0.29, 0.717) is 10.2 Å². The summed E-state index contributed by atoms with van der Waals surface area (Å²) in [4.78, 5) is 7.85. The molecule has 0 radical (unpaired) electrons. The summed E-state index contributed by atoms with van der Waals surface area (Å²) in [6.07, 6.45) is 1.45. The molecule has 2 aromatic heterocycles. The van der Waals surface area contributed by atoms with Crippen LogP contribution in [-0.2, 0) is 16.6 Å². The standard InChI is InChI=1S/C10H9BrClN3O2S2/c1-15(4-8-5-18-6-14-8)19(16,17)9-2-7(11)3-13-10(9)12/h2-3,5-6H,4H2,1H3. The summed E-state index contributed by atoms with van der Waals surface area (Å²) in [7, 11) is -2.22. The van der Waals surface area contributed by atoms with E-state index in [2.05, 4.69) is 25.9 Å². The second-order valence-electron chi connectivity index (χ2n) is 3.68. The Morgan fingerprint density at radius 1 is 1.47 bits per heavy atom. The predicted octanol–water partition coefficient (Wildman–Crippen LogP) is 2.77. The molecule has 2 rings (SSSR count). The fourth-order valence-electron chi connectivity index (χ4n) is 1.38. The van der Waals surface area contributed by atoms with Crippen molar-refractivity contribution in [2.45, 2.75) is 11.4 Å². The normalized spacial score (nSPS) is 12.0. The first kappa shape index (κ1) is 14.9. The molecule has 2 aromatic rings. The molecule has 0 aromatic carbocycles. The lowest BCUT2D eigenvalue weighted by Gasteiger charge is -2.16. The Labute approximate surface area is 128 Å². The number of rotatable bonds is 4. The second kappa shape index (κ2) is 5.84. The fraction of sp³-hybridized carbons (Fsp3) is 0.200. The van der Waals surface area contributed by atoms with Crippen LogP contribution in [0.15, 0.2) is 32.5 Å². The van der Waals surface area contributed by atoms with Crippen molar-refractivity contribution in [1.29, 1.82) is 0 Å². The zero-order valence-corrected chi connectivity index (χ0v) is 13.7. The number of hydrogen-bond donors (Lipinski definition) is 0. The Morgan fingerprint density at radius 3 is 2.84 bits per heavy atom. The van der Waals surface area contributed by atoms with Gasteiger partial charge in [-0.15, -0.1) is 11.3 Å². The van der Waals surface area contributed by atoms with Crippen LogP contribution in [-0.4, -0.2) is 29.7 Å². The van der Waals surface area contributed by atoms with Gasteiger partial charge in [0.05, 0.1) is 17.7 Å². The molecule has 102 valence electrons. The molecule has 0 spiro atoms. The molecule has 19 heavy (non-hydrogen) atoms. The van der Waals surface area contributed by atoms with E-state index in [4.69, 9.17) is 11.6 Å². The zero-order chi connectivity index (χ0) is 14.0. The van der Waals surface area contributed by atoms with Crippen molar-refractivity contribution in [2.75, 3.05) is 7.05 Å². The van der Waals surface area contributed by atoms with Crippen molar-refractivity contribution >= 4 is 48.9 Å². The number of sulfonamides is 1. The molecule has 0 unspecified atom stereocenters. The van der Waals surface area contributed by atoms with Gasteiger partial charge in [-0.05, 0) is 22.0 Å². The van der Waals surface area contributed by atoms with Gasteiger partial charge in [0.15, 0.2) is 0 Å². The minimum absolute atomic E-state index is 0.0266. The summed E-state index contributed by atoms with van der Waals surface area (Å²) in [5.41, 5.74) is 2.35. The molecule has 2 heterocycles. The first-order valence-electron chi connectivity index (χ1n) is 5.05. The lowest BCUT2D eigenvalue weighted by molar-refractivity contribution is 0.462. The topological polar surface area (TPSA) is 63.2 Å². The van der Waals surface area contributed by atoms with E-state index >= 15 is 0 Å². The lowest BCUT2D eigenvalue weighted by atomic mass is 10.5. The number of nitrogens with zero attached hydrogens (tertiary/aromatic N) is 3. The van der Waals surface area contributed by atoms with Crippen molar-refractivity contribution in [1.82, 2.24) is 14.3 Å². The maximum absolute atomic E-state index is 12.4. The molecule has 0 N–H and O–H groups in total. The third-order valence-electron chi connectivity index (χ3n) is 2.33. The molecule has 9 heteroatoms. The van der Waals surface area contributed by atoms with Crippen LogP contribution in [0.25, 0.3) is 0 Å². The molecule has 5 nitrogen and oxygen atoms in total. The lowest BCUT2D eigenvalue weighted by Crippen LogP contribution is -2.27. The van der Waals surface area contributed by atoms with E-state index in [0.717, 1.165) is 0 Å². The van der Waals surface area contributed by atoms with Gasteiger partial charge < -0.3 is 0 Å². The Balaban J connectivity index is 2.33. The molecular weight excluding hydrogens is 374 g/mol. The average molecular weight is 383 g/mol. The third-order valence-corrected chi connectivity index (χ3v) is 5.63. The fourth-order valence-corrected chi connectivity index (χ4v) is 3.99. The molecule has 0 aliphatic heterocycles. The molecule has 0 bridgehead atoms. The molecule has 0 amide bonds. The Kier molecular flexibility index (Phi) is 4.57. The zero-order valence-electron chi connectivity index (χ0n) is 9.75. The van der Waals surface area contributed by atoms with Crippen molar-refractivity contribution in [3.8, 4) is 0 Å². The van der Waals surface area contributed by atoms with Crippen LogP contribution in [0, 0.1) is 0 Å². The van der Waals surface area contributed by atoms with E-state index < -0.39 is 10.0 Å². The molecule has 0 atom stereocenters. The molecule has 0 fully saturated rings. The van der Waals surface area contributed by atoms with Gasteiger partial charge in [0.25, 0.3) is 0 Å². The van der Waals surface area contributed by atoms with Crippen LogP contribution in [0.2, 0.25) is 5.15 Å². The largest absolute Gasteiger partial charge is 0.248 e. The van der Waals surface area contributed by atoms with Gasteiger partial charge in [-0.25, -0.2) is 18.4 Å². The quantitative estimate of drug-likeness (QED) is 0.763. The minimum atomic E-state index is -3.69. The van der Waals surface area contributed by atoms with E-state index in [-0.39, 0.29) is 16.6 Å². The number of pyridine rings is 1. The van der Waals surface area contributed by atoms with Crippen LogP contribution >= 0.6 is 38.9 Å². The van der Waals surface area contributed by atoms with E-state index in [1.54, 1.807) is 10.9 Å². The van der Waals surface area contributed by atoms with E-state index in [9.17, 15) is 8.42 Å². The average Bonchev–Trinajstić information content (AvgIpc) is 2.85. The summed E-state index contributed by atoms with van der Waals surface area (Å²) in [5.74, 6) is 0. The highest BCUT2D eigenvalue weighted by Crippen LogP contribution is 2.25. The molecule has 0 saturated heterocycles. The second-order valence-corrected chi connectivity index (χ2v) is 7.69. The summed E-state index contributed by atoms with van der Waals surface area (Å²) < 4.78 is 26.5. The van der Waals surface area contributed by atoms with Crippen LogP contribution < -0.4 is 0 Å². The summed E-state index contributed by atoms with van der Waals surface area (Å²) >= 11 is 10.5. The maximum atomic E-state index is 12.4. The Bertz CT molecular complexity index is 676. The number of halogens is 2. The molecule has 0 saturated carbocycles. The van der Waals surface area contributed by atoms with Gasteiger partial charge in [0, 0.05) is 23.1 Å². The van der Waals surface area contributed by atoms with Crippen LogP contribution in [0.1, 0.15) is 5.69 Å². The Morgan fingerprint density at radius 2 is 2.21 bits per heavy atom. The first-order chi connectivity index (χ1) is 8.91. The number of aromatic nitrogens is 2. The predicted molar refractivity (Wildman–Crippen MR) is 77.7 cm³/mol. The number of thiazole rings is 1. The molecular formula is C10H9BrClN3O2S2. The van der Waals surface area contributed by atoms with Crippen LogP contribution in [0.3, 0.4) is 0 Å². The van der Waals surface area contributed by atoms with Crippen LogP contribution in [0.5, 0.6) is 0 Å². The van der Waals surface area contributed by atoms with E-state index in [1.807, 2.05) is 0 Å². The minimum Gasteiger partial charge on any atom is -0.248 e. The van der Waals surface area contributed by atoms with Crippen molar-refractivity contribution in [2.24, 2.45) is 0 Å².